The van der Waals surface area contributed by atoms with Gasteiger partial charge in [0.25, 0.3) is 0 Å². The average Bonchev–Trinajstić information content (AvgIpc) is 1.18. The molecule has 4 aromatic carbocycles. The number of hydrogen-bond acceptors (Lipinski definition) is 37. The van der Waals surface area contributed by atoms with E-state index in [4.69, 9.17) is 107 Å². The zero-order valence-corrected chi connectivity index (χ0v) is 73.6. The summed E-state index contributed by atoms with van der Waals surface area (Å²) in [5.41, 5.74) is 5.51. The van der Waals surface area contributed by atoms with Crippen LogP contribution < -0.4 is 57.1 Å². The van der Waals surface area contributed by atoms with Gasteiger partial charge in [-0.1, -0.05) is 0 Å². The standard InChI is InChI=1S/C21H21F2N3O10.C21H21F2N3O9.C11H12O5.C11H10O4.C9H11F2N3O4.CH3BP.CO2.HI.H2O.Y/c1-33-11-5-9(6-27)4-10-15(29)13(35-16(10)11)8-34-20(32)25-14-2-3-26(19(31)24-14)18-21(22,23)17(30)12(7-28)36-18;1-32-13-5-10(7-27)4-11-6-12(34-16(11)13)9-33-20(31)25-15-2-3-26(19(30)24-15)18-21(22,23)17(29)14(8-28)35-18;1-15-8-3-6(4-12)2-7-10(14)9(5-13)16-11(7)8;1-6-10(13)8-3-7(5-12)4-9(14-2)11(8)15-6;10-9(11)6(16)4(3-15)18-7(9)14-2-1-5(12)13-8(14)17;2*2-1-3;;;/h2-5,12,17-18,27-30H,6-8H2,1H3,(H,24,25,31,32);2-6,14,17-18,27-29H,7-9H2,1H3,(H,24,25,30,31);2-3,12-14H,4-5H2,1H3;3-4,12H,1,5H2,2H3;1-2,4,6-7,15-16H,3H2,(H2,12,13,17);1H,3H2;;1H;1H2;/q;;;;;-1;;;;/p+1/t12-,17-,18-;14-,17-,18-;;;4-,6-,7-;;;;;/m11..1...../s1. The topological polar surface area (TPSA) is 671 Å². The van der Waals surface area contributed by atoms with E-state index >= 15 is 0 Å². The van der Waals surface area contributed by atoms with Crippen molar-refractivity contribution in [3.05, 3.63) is 186 Å². The number of aromatic hydroxyl groups is 2. The third kappa shape index (κ3) is 24.8. The largest absolute Gasteiger partial charge is 0.504 e. The number of nitrogens with two attached hydrogens (primary N) is 1. The first-order valence-corrected chi connectivity index (χ1v) is 36.6. The van der Waals surface area contributed by atoms with Gasteiger partial charge in [-0.25, -0.2) is 24.0 Å². The SMILES string of the molecule is C=C1Oc2c(OC)cc(CO)cc2C1=[OH+].COc1cc(CO)cc2c(O)c(CO)oc12.COc1cc(CO)cc2c(O)c(COC(=O)Nc3ccn([C@@H]4O[C@H](CO)[C@@H](O)C4(F)F)c(=O)n3)oc12.COc1cc(CO)cc2cc(COC(=O)Nc3ccn([C@@H]4O[C@H](CO)[C@@H](O)C4(F)F)c(=O)n3)oc12.I.Nc1ccn([C@@H]2O[C@H](CO)[C@@H](O)C2(F)F)c(=O)n1.O.O=C=O.[B][CH-]P.[Y]. The number of halogens is 7. The second-order valence-electron chi connectivity index (χ2n) is 26.1. The molecule has 4 aliphatic heterocycles. The van der Waals surface area contributed by atoms with Gasteiger partial charge < -0.3 is 154 Å². The van der Waals surface area contributed by atoms with Crippen LogP contribution in [-0.4, -0.2) is 240 Å². The van der Waals surface area contributed by atoms with Crippen molar-refractivity contribution < 1.29 is 216 Å². The van der Waals surface area contributed by atoms with E-state index in [0.717, 1.165) is 36.8 Å². The molecule has 54 heteroatoms. The number of ether oxygens (including phenoxy) is 10. The van der Waals surface area contributed by atoms with E-state index in [1.807, 2.05) is 0 Å². The van der Waals surface area contributed by atoms with Crippen molar-refractivity contribution in [1.82, 2.24) is 28.7 Å². The number of ketones is 1. The quantitative estimate of drug-likeness (QED) is 0.00932. The molecule has 4 aliphatic rings. The van der Waals surface area contributed by atoms with Gasteiger partial charge in [-0.3, -0.25) is 29.1 Å². The van der Waals surface area contributed by atoms with Crippen LogP contribution in [0.4, 0.5) is 53.4 Å². The molecular weight excluding hydrogens is 1960 g/mol. The molecule has 697 valence electrons. The van der Waals surface area contributed by atoms with Crippen molar-refractivity contribution >= 4 is 116 Å². The molecule has 3 saturated heterocycles. The van der Waals surface area contributed by atoms with E-state index in [2.05, 4.69) is 49.3 Å². The van der Waals surface area contributed by atoms with E-state index < -0.39 is 135 Å². The normalized spacial score (nSPS) is 19.0. The Balaban J connectivity index is 0.000000292. The van der Waals surface area contributed by atoms with Crippen LogP contribution >= 0.6 is 33.2 Å². The molecule has 10 heterocycles. The monoisotopic (exact) mass is 2040 g/mol. The van der Waals surface area contributed by atoms with Crippen molar-refractivity contribution in [3.8, 4) is 40.2 Å². The molecule has 0 bridgehead atoms. The number of anilines is 3. The number of aromatic nitrogens is 6. The summed E-state index contributed by atoms with van der Waals surface area (Å²) in [4.78, 5) is 96.4. The molecule has 129 heavy (non-hydrogen) atoms. The summed E-state index contributed by atoms with van der Waals surface area (Å²) >= 11 is 0. The maximum absolute atomic E-state index is 14.3. The first-order valence-electron chi connectivity index (χ1n) is 35.9. The minimum Gasteiger partial charge on any atom is -0.504 e. The number of aliphatic hydroxyl groups is 11. The molecule has 0 spiro atoms. The van der Waals surface area contributed by atoms with Gasteiger partial charge in [-0.05, 0) is 102 Å². The smallest absolute Gasteiger partial charge is 0.413 e. The summed E-state index contributed by atoms with van der Waals surface area (Å²) in [6.07, 6.45) is -17.0. The number of carbonyl (C=O) groups is 2. The third-order valence-electron chi connectivity index (χ3n) is 18.1. The Kier molecular flexibility index (Phi) is 40.6. The molecule has 0 saturated carbocycles. The second kappa shape index (κ2) is 48.2. The zero-order chi connectivity index (χ0) is 93.1. The number of rotatable bonds is 21. The molecule has 10 aromatic rings. The first kappa shape index (κ1) is 109. The fraction of sp³-hybridized carbons (Fsp3) is 0.347. The van der Waals surface area contributed by atoms with Crippen LogP contribution in [0.15, 0.2) is 131 Å². The molecule has 2 amide bonds. The van der Waals surface area contributed by atoms with Crippen LogP contribution in [-0.2, 0) is 112 Å². The Bertz CT molecular complexity index is 5770. The van der Waals surface area contributed by atoms with Crippen LogP contribution in [0.25, 0.3) is 32.9 Å². The van der Waals surface area contributed by atoms with Crippen LogP contribution in [0.1, 0.15) is 63.8 Å². The predicted molar refractivity (Wildman–Crippen MR) is 437 cm³/mol. The fourth-order valence-electron chi connectivity index (χ4n) is 12.1. The van der Waals surface area contributed by atoms with Crippen LogP contribution in [0.2, 0.25) is 0 Å². The molecule has 10 atom stereocenters. The van der Waals surface area contributed by atoms with Gasteiger partial charge in [0.1, 0.15) is 53.7 Å². The van der Waals surface area contributed by atoms with Crippen LogP contribution in [0.5, 0.6) is 40.2 Å². The maximum atomic E-state index is 14.3. The first-order chi connectivity index (χ1) is 59.8. The van der Waals surface area contributed by atoms with Gasteiger partial charge in [0.05, 0.1) is 85.5 Å². The number of carbonyl (C=O) groups excluding carboxylic acids is 5. The van der Waals surface area contributed by atoms with Crippen molar-refractivity contribution in [1.29, 1.82) is 0 Å². The maximum Gasteiger partial charge on any atom is 0.413 e. The molecule has 20 N–H and O–H groups in total. The Labute approximate surface area is 765 Å². The summed E-state index contributed by atoms with van der Waals surface area (Å²) < 4.78 is 153. The number of nitrogen functional groups attached to an aromatic ring is 1. The molecule has 3 radical (unpaired) electrons. The van der Waals surface area contributed by atoms with Gasteiger partial charge >= 0.3 is 59.0 Å². The number of nitrogens with one attached hydrogen (secondary N) is 2. The summed E-state index contributed by atoms with van der Waals surface area (Å²) in [6.45, 7) is -1.02. The Morgan fingerprint density at radius 1 is 0.574 bits per heavy atom. The van der Waals surface area contributed by atoms with E-state index in [-0.39, 0.29) is 176 Å². The number of alkyl halides is 6. The second-order valence-corrected chi connectivity index (χ2v) is 26.5. The van der Waals surface area contributed by atoms with Crippen molar-refractivity contribution in [2.45, 2.75) is 119 Å². The minimum atomic E-state index is -3.89. The molecule has 1 unspecified atom stereocenters. The molecule has 0 aliphatic carbocycles. The summed E-state index contributed by atoms with van der Waals surface area (Å²) in [5, 5.41) is 127. The number of aliphatic hydroxyl groups excluding tert-OH is 11. The number of fused-ring (bicyclic) bond motifs is 4. The van der Waals surface area contributed by atoms with E-state index in [1.165, 1.54) is 46.6 Å². The van der Waals surface area contributed by atoms with Crippen LogP contribution in [0.3, 0.4) is 0 Å². The summed E-state index contributed by atoms with van der Waals surface area (Å²) in [5.74, 6) is -10.3. The van der Waals surface area contributed by atoms with Crippen molar-refractivity contribution in [2.75, 3.05) is 64.6 Å². The fourth-order valence-corrected chi connectivity index (χ4v) is 12.1. The van der Waals surface area contributed by atoms with Gasteiger partial charge in [-0.15, -0.1) is 24.0 Å². The molecule has 14 rings (SSSR count). The van der Waals surface area contributed by atoms with Gasteiger partial charge in [0.15, 0.2) is 100 Å². The Hall–Kier alpha value is -10.8. The number of hydrogen-bond donors (Lipinski definition) is 16. The number of methoxy groups -OCH3 is 4. The molecule has 6 aromatic heterocycles. The molecular formula is C75H82BF6IN9O35PY. The number of benzene rings is 4. The Morgan fingerprint density at radius 3 is 1.30 bits per heavy atom. The van der Waals surface area contributed by atoms with Crippen molar-refractivity contribution in [2.24, 2.45) is 0 Å². The van der Waals surface area contributed by atoms with E-state index in [0.29, 0.717) is 86.5 Å². The number of furan rings is 3. The summed E-state index contributed by atoms with van der Waals surface area (Å²) in [6, 6.07) is 19.0. The molecule has 44 nitrogen and oxygen atoms in total. The van der Waals surface area contributed by atoms with Crippen LogP contribution in [0, 0.1) is 6.06 Å². The number of allylic oxidation sites excluding steroid dienone is 1. The number of nitrogens with zero attached hydrogens (tertiary/aromatic N) is 6. The van der Waals surface area contributed by atoms with Crippen molar-refractivity contribution in [3.63, 3.8) is 0 Å². The molecule has 3 fully saturated rings. The summed E-state index contributed by atoms with van der Waals surface area (Å²) in [7, 11) is 12.7. The van der Waals surface area contributed by atoms with Gasteiger partial charge in [0.2, 0.25) is 24.4 Å². The zero-order valence-electron chi connectivity index (χ0n) is 67.3. The van der Waals surface area contributed by atoms with Gasteiger partial charge in [0, 0.05) is 56.7 Å². The Morgan fingerprint density at radius 2 is 0.930 bits per heavy atom. The average molecular weight is 2040 g/mol. The third-order valence-corrected chi connectivity index (χ3v) is 18.1. The minimum absolute atomic E-state index is 0. The van der Waals surface area contributed by atoms with E-state index in [9.17, 15) is 90.9 Å². The van der Waals surface area contributed by atoms with Gasteiger partial charge in [-0.2, -0.15) is 58.7 Å². The van der Waals surface area contributed by atoms with E-state index in [1.54, 1.807) is 42.5 Å². The number of amides is 2. The predicted octanol–water partition coefficient (Wildman–Crippen LogP) is 2.14.